The maximum Gasteiger partial charge on any atom is 0.261 e. The van der Waals surface area contributed by atoms with E-state index in [-0.39, 0.29) is 11.6 Å². The number of benzene rings is 2. The molecule has 0 atom stereocenters. The minimum Gasteiger partial charge on any atom is -0.490 e. The third kappa shape index (κ3) is 4.75. The Labute approximate surface area is 174 Å². The highest BCUT2D eigenvalue weighted by Gasteiger charge is 2.50. The zero-order valence-corrected chi connectivity index (χ0v) is 18.3. The molecule has 0 spiro atoms. The van der Waals surface area contributed by atoms with Gasteiger partial charge in [-0.25, -0.2) is 0 Å². The summed E-state index contributed by atoms with van der Waals surface area (Å²) < 4.78 is 12.6. The lowest BCUT2D eigenvalue weighted by Gasteiger charge is -2.43. The number of nitrogens with zero attached hydrogens (tertiary/aromatic N) is 1. The molecule has 5 heteroatoms. The predicted molar refractivity (Wildman–Crippen MR) is 119 cm³/mol. The molecule has 152 valence electrons. The fourth-order valence-electron chi connectivity index (χ4n) is 3.71. The highest BCUT2D eigenvalue weighted by Crippen LogP contribution is 2.36. The topological polar surface area (TPSA) is 51.6 Å². The minimum atomic E-state index is -2.53. The first kappa shape index (κ1) is 21.2. The Kier molecular flexibility index (Phi) is 6.85. The number of hydrogen-bond acceptors (Lipinski definition) is 4. The van der Waals surface area contributed by atoms with Crippen molar-refractivity contribution in [2.45, 2.75) is 32.4 Å². The molecular weight excluding hydrogens is 378 g/mol. The fraction of sp³-hybridized carbons (Fsp3) is 0.292. The van der Waals surface area contributed by atoms with Crippen LogP contribution >= 0.6 is 0 Å². The van der Waals surface area contributed by atoms with Gasteiger partial charge in [-0.3, -0.25) is 4.98 Å². The number of rotatable bonds is 8. The molecule has 0 aliphatic carbocycles. The molecule has 3 aromatic rings. The van der Waals surface area contributed by atoms with Crippen molar-refractivity contribution in [2.75, 3.05) is 13.2 Å². The van der Waals surface area contributed by atoms with Gasteiger partial charge < -0.3 is 14.3 Å². The van der Waals surface area contributed by atoms with E-state index in [9.17, 15) is 0 Å². The summed E-state index contributed by atoms with van der Waals surface area (Å²) in [6.07, 6.45) is 1.63. The Morgan fingerprint density at radius 3 is 1.86 bits per heavy atom. The van der Waals surface area contributed by atoms with Crippen molar-refractivity contribution in [1.29, 1.82) is 0 Å². The third-order valence-corrected chi connectivity index (χ3v) is 10.1. The molecule has 3 rings (SSSR count). The Bertz CT molecular complexity index is 838. The molecule has 1 aromatic heterocycles. The molecule has 0 unspecified atom stereocenters. The van der Waals surface area contributed by atoms with Crippen LogP contribution in [0.4, 0.5) is 0 Å². The summed E-state index contributed by atoms with van der Waals surface area (Å²) in [6, 6.07) is 24.7. The van der Waals surface area contributed by atoms with Crippen LogP contribution < -0.4 is 15.1 Å². The normalized spacial score (nSPS) is 12.0. The maximum absolute atomic E-state index is 9.11. The molecule has 1 N–H and O–H groups in total. The number of aliphatic hydroxyl groups is 1. The molecule has 0 saturated heterocycles. The van der Waals surface area contributed by atoms with Gasteiger partial charge in [-0.1, -0.05) is 81.4 Å². The molecule has 0 aliphatic rings. The van der Waals surface area contributed by atoms with E-state index >= 15 is 0 Å². The van der Waals surface area contributed by atoms with Gasteiger partial charge in [-0.05, 0) is 27.5 Å². The highest BCUT2D eigenvalue weighted by atomic mass is 28.4. The van der Waals surface area contributed by atoms with Crippen LogP contribution in [0.15, 0.2) is 79.0 Å². The van der Waals surface area contributed by atoms with Crippen LogP contribution in [0.1, 0.15) is 26.5 Å². The standard InChI is InChI=1S/C24H29NO3Si/c1-24(2,3)29(22-10-6-4-7-11-22,23-12-8-5-9-13-23)28-17-16-27-21-15-14-20(19-26)25-18-21/h4-15,18,26H,16-17,19H2,1-3H3. The van der Waals surface area contributed by atoms with Gasteiger partial charge in [-0.2, -0.15) is 0 Å². The van der Waals surface area contributed by atoms with Crippen LogP contribution in [0.5, 0.6) is 5.75 Å². The van der Waals surface area contributed by atoms with Crippen molar-refractivity contribution in [1.82, 2.24) is 4.98 Å². The molecule has 29 heavy (non-hydrogen) atoms. The molecule has 0 bridgehead atoms. The summed E-state index contributed by atoms with van der Waals surface area (Å²) in [7, 11) is -2.53. The second-order valence-electron chi connectivity index (χ2n) is 8.00. The van der Waals surface area contributed by atoms with Crippen LogP contribution in [0.2, 0.25) is 5.04 Å². The van der Waals surface area contributed by atoms with E-state index in [1.165, 1.54) is 10.4 Å². The van der Waals surface area contributed by atoms with Gasteiger partial charge in [0.2, 0.25) is 0 Å². The van der Waals surface area contributed by atoms with E-state index in [1.54, 1.807) is 12.3 Å². The lowest BCUT2D eigenvalue weighted by Crippen LogP contribution is -2.66. The zero-order chi connectivity index (χ0) is 20.7. The monoisotopic (exact) mass is 407 g/mol. The lowest BCUT2D eigenvalue weighted by atomic mass is 10.2. The predicted octanol–water partition coefficient (Wildman–Crippen LogP) is 3.53. The summed E-state index contributed by atoms with van der Waals surface area (Å²) in [6.45, 7) is 7.63. The van der Waals surface area contributed by atoms with Crippen LogP contribution in [0.25, 0.3) is 0 Å². The summed E-state index contributed by atoms with van der Waals surface area (Å²) in [5.41, 5.74) is 0.626. The van der Waals surface area contributed by atoms with Crippen LogP contribution in [0, 0.1) is 0 Å². The van der Waals surface area contributed by atoms with Crippen molar-refractivity contribution >= 4 is 18.7 Å². The van der Waals surface area contributed by atoms with Gasteiger partial charge in [0.05, 0.1) is 25.1 Å². The Hall–Kier alpha value is -2.47. The van der Waals surface area contributed by atoms with Crippen LogP contribution in [-0.2, 0) is 11.0 Å². The molecule has 0 radical (unpaired) electrons. The second kappa shape index (κ2) is 9.35. The van der Waals surface area contributed by atoms with Gasteiger partial charge in [-0.15, -0.1) is 0 Å². The quantitative estimate of drug-likeness (QED) is 0.458. The average molecular weight is 408 g/mol. The van der Waals surface area contributed by atoms with Gasteiger partial charge in [0.25, 0.3) is 8.32 Å². The lowest BCUT2D eigenvalue weighted by molar-refractivity contribution is 0.207. The third-order valence-electron chi connectivity index (χ3n) is 5.05. The van der Waals surface area contributed by atoms with E-state index in [4.69, 9.17) is 14.3 Å². The van der Waals surface area contributed by atoms with Crippen LogP contribution in [0.3, 0.4) is 0 Å². The van der Waals surface area contributed by atoms with Crippen molar-refractivity contribution in [3.63, 3.8) is 0 Å². The smallest absolute Gasteiger partial charge is 0.261 e. The molecule has 2 aromatic carbocycles. The maximum atomic E-state index is 9.11. The first-order valence-electron chi connectivity index (χ1n) is 9.91. The molecule has 0 fully saturated rings. The highest BCUT2D eigenvalue weighted by molar-refractivity contribution is 6.99. The number of pyridine rings is 1. The van der Waals surface area contributed by atoms with E-state index in [2.05, 4.69) is 74.3 Å². The SMILES string of the molecule is CC(C)(C)[Si](OCCOc1ccc(CO)nc1)(c1ccccc1)c1ccccc1. The first-order valence-corrected chi connectivity index (χ1v) is 11.8. The Balaban J connectivity index is 1.83. The summed E-state index contributed by atoms with van der Waals surface area (Å²) in [4.78, 5) is 4.15. The number of ether oxygens (including phenoxy) is 1. The zero-order valence-electron chi connectivity index (χ0n) is 17.3. The molecule has 4 nitrogen and oxygen atoms in total. The minimum absolute atomic E-state index is 0.0555. The summed E-state index contributed by atoms with van der Waals surface area (Å²) >= 11 is 0. The van der Waals surface area contributed by atoms with Gasteiger partial charge in [0.15, 0.2) is 0 Å². The van der Waals surface area contributed by atoms with E-state index < -0.39 is 8.32 Å². The molecule has 0 aliphatic heterocycles. The van der Waals surface area contributed by atoms with Gasteiger partial charge in [0, 0.05) is 0 Å². The molecule has 0 saturated carbocycles. The molecular formula is C24H29NO3Si. The summed E-state index contributed by atoms with van der Waals surface area (Å²) in [5.74, 6) is 0.674. The Morgan fingerprint density at radius 2 is 1.41 bits per heavy atom. The van der Waals surface area contributed by atoms with E-state index in [0.29, 0.717) is 24.7 Å². The van der Waals surface area contributed by atoms with Crippen molar-refractivity contribution in [2.24, 2.45) is 0 Å². The largest absolute Gasteiger partial charge is 0.490 e. The average Bonchev–Trinajstić information content (AvgIpc) is 2.74. The van der Waals surface area contributed by atoms with Gasteiger partial charge in [0.1, 0.15) is 12.4 Å². The van der Waals surface area contributed by atoms with Crippen molar-refractivity contribution < 1.29 is 14.3 Å². The molecule has 1 heterocycles. The first-order chi connectivity index (χ1) is 14.0. The fourth-order valence-corrected chi connectivity index (χ4v) is 8.25. The Morgan fingerprint density at radius 1 is 0.828 bits per heavy atom. The van der Waals surface area contributed by atoms with E-state index in [1.807, 2.05) is 18.2 Å². The van der Waals surface area contributed by atoms with Crippen molar-refractivity contribution in [3.8, 4) is 5.75 Å². The number of aliphatic hydroxyl groups excluding tert-OH is 1. The summed E-state index contributed by atoms with van der Waals surface area (Å²) in [5, 5.41) is 11.6. The number of hydrogen-bond donors (Lipinski definition) is 1. The van der Waals surface area contributed by atoms with Crippen molar-refractivity contribution in [3.05, 3.63) is 84.7 Å². The number of aromatic nitrogens is 1. The molecule has 0 amide bonds. The van der Waals surface area contributed by atoms with E-state index in [0.717, 1.165) is 0 Å². The van der Waals surface area contributed by atoms with Crippen LogP contribution in [-0.4, -0.2) is 31.6 Å². The second-order valence-corrected chi connectivity index (χ2v) is 12.3. The van der Waals surface area contributed by atoms with Gasteiger partial charge >= 0.3 is 0 Å².